The first-order chi connectivity index (χ1) is 21.1. The van der Waals surface area contributed by atoms with Gasteiger partial charge in [0.2, 0.25) is 5.91 Å². The van der Waals surface area contributed by atoms with Crippen LogP contribution in [0, 0.1) is 17.6 Å². The minimum atomic E-state index is -1.30. The third kappa shape index (κ3) is 11.8. The number of halogens is 2. The van der Waals surface area contributed by atoms with Crippen LogP contribution in [0.25, 0.3) is 0 Å². The second-order valence-corrected chi connectivity index (χ2v) is 11.9. The zero-order valence-electron chi connectivity index (χ0n) is 27.3. The van der Waals surface area contributed by atoms with Gasteiger partial charge in [-0.05, 0) is 61.1 Å². The molecule has 2 atom stereocenters. The number of hydrogen-bond donors (Lipinski definition) is 3. The Labute approximate surface area is 264 Å². The van der Waals surface area contributed by atoms with Gasteiger partial charge in [-0.1, -0.05) is 27.7 Å². The molecule has 0 aliphatic carbocycles. The van der Waals surface area contributed by atoms with Crippen molar-refractivity contribution in [2.75, 3.05) is 40.8 Å². The monoisotopic (exact) mass is 631 g/mol. The van der Waals surface area contributed by atoms with E-state index < -0.39 is 35.6 Å². The maximum atomic E-state index is 14.0. The van der Waals surface area contributed by atoms with Gasteiger partial charge in [-0.15, -0.1) is 0 Å². The number of nitrogens with one attached hydrogen (secondary N) is 2. The Bertz CT molecular complexity index is 1310. The molecule has 0 radical (unpaired) electrons. The van der Waals surface area contributed by atoms with Gasteiger partial charge >= 0.3 is 0 Å². The Kier molecular flexibility index (Phi) is 14.5. The Balaban J connectivity index is 2.47. The molecule has 0 bridgehead atoms. The fraction of sp³-hybridized carbons (Fsp3) is 0.515. The van der Waals surface area contributed by atoms with Gasteiger partial charge in [0.1, 0.15) is 11.6 Å². The number of aliphatic hydroxyl groups excluding tert-OH is 1. The van der Waals surface area contributed by atoms with Gasteiger partial charge in [0, 0.05) is 70.0 Å². The molecule has 4 amide bonds. The van der Waals surface area contributed by atoms with Crippen LogP contribution < -0.4 is 10.7 Å². The number of aliphatic hydroxyl groups is 1. The lowest BCUT2D eigenvalue weighted by Crippen LogP contribution is -2.52. The largest absolute Gasteiger partial charge is 0.390 e. The number of carbonyl (C=O) groups is 4. The molecule has 10 nitrogen and oxygen atoms in total. The molecule has 0 heterocycles. The normalized spacial score (nSPS) is 12.5. The van der Waals surface area contributed by atoms with Crippen molar-refractivity contribution in [2.45, 2.75) is 65.5 Å². The fourth-order valence-electron chi connectivity index (χ4n) is 4.90. The van der Waals surface area contributed by atoms with Crippen LogP contribution in [0.4, 0.5) is 8.78 Å². The van der Waals surface area contributed by atoms with Crippen molar-refractivity contribution in [1.82, 2.24) is 25.6 Å². The lowest BCUT2D eigenvalue weighted by molar-refractivity contribution is -0.126. The lowest BCUT2D eigenvalue weighted by atomic mass is 9.99. The average Bonchev–Trinajstić information content (AvgIpc) is 2.94. The molecule has 2 aromatic carbocycles. The highest BCUT2D eigenvalue weighted by molar-refractivity contribution is 6.04. The molecule has 248 valence electrons. The summed E-state index contributed by atoms with van der Waals surface area (Å²) in [6, 6.07) is 6.06. The van der Waals surface area contributed by atoms with Gasteiger partial charge in [-0.3, -0.25) is 24.6 Å². The van der Waals surface area contributed by atoms with E-state index in [0.717, 1.165) is 31.0 Å². The first kappa shape index (κ1) is 37.3. The highest BCUT2D eigenvalue weighted by Gasteiger charge is 2.27. The van der Waals surface area contributed by atoms with Gasteiger partial charge < -0.3 is 20.2 Å². The van der Waals surface area contributed by atoms with E-state index in [9.17, 15) is 33.1 Å². The van der Waals surface area contributed by atoms with Crippen molar-refractivity contribution in [2.24, 2.45) is 5.92 Å². The third-order valence-corrected chi connectivity index (χ3v) is 6.90. The van der Waals surface area contributed by atoms with Crippen molar-refractivity contribution in [3.05, 3.63) is 70.3 Å². The topological polar surface area (TPSA) is 122 Å². The van der Waals surface area contributed by atoms with Crippen LogP contribution in [0.2, 0.25) is 0 Å². The highest BCUT2D eigenvalue weighted by atomic mass is 19.1. The number of amides is 4. The molecule has 0 fully saturated rings. The van der Waals surface area contributed by atoms with E-state index in [2.05, 4.69) is 10.7 Å². The van der Waals surface area contributed by atoms with E-state index in [1.165, 1.54) is 28.1 Å². The molecule has 3 N–H and O–H groups in total. The summed E-state index contributed by atoms with van der Waals surface area (Å²) in [5, 5.41) is 15.3. The highest BCUT2D eigenvalue weighted by Crippen LogP contribution is 2.17. The van der Waals surface area contributed by atoms with Gasteiger partial charge in [0.15, 0.2) is 0 Å². The smallest absolute Gasteiger partial charge is 0.253 e. The maximum absolute atomic E-state index is 14.0. The third-order valence-electron chi connectivity index (χ3n) is 6.90. The van der Waals surface area contributed by atoms with E-state index in [0.29, 0.717) is 13.1 Å². The summed E-state index contributed by atoms with van der Waals surface area (Å²) < 4.78 is 28.1. The maximum Gasteiger partial charge on any atom is 0.253 e. The molecule has 0 aliphatic rings. The molecule has 0 saturated heterocycles. The van der Waals surface area contributed by atoms with Crippen LogP contribution in [-0.2, 0) is 11.2 Å². The Morgan fingerprint density at radius 2 is 1.36 bits per heavy atom. The molecule has 12 heteroatoms. The number of hydrazine groups is 1. The lowest BCUT2D eigenvalue weighted by Gasteiger charge is -2.29. The quantitative estimate of drug-likeness (QED) is 0.243. The van der Waals surface area contributed by atoms with E-state index >= 15 is 0 Å². The van der Waals surface area contributed by atoms with E-state index in [1.54, 1.807) is 26.0 Å². The number of hydrogen-bond acceptors (Lipinski definition) is 6. The summed E-state index contributed by atoms with van der Waals surface area (Å²) in [6.45, 7) is 8.55. The number of benzene rings is 2. The number of nitrogens with zero attached hydrogens (tertiary/aromatic N) is 3. The molecule has 2 unspecified atom stereocenters. The molecular formula is C33H47F2N5O5. The molecular weight excluding hydrogens is 584 g/mol. The van der Waals surface area contributed by atoms with Gasteiger partial charge in [0.25, 0.3) is 17.7 Å². The van der Waals surface area contributed by atoms with E-state index in [4.69, 9.17) is 0 Å². The molecule has 2 aromatic rings. The standard InChI is InChI=1S/C33H47F2N5O5/c1-8-10-40(11-9-2)33(45)25-17-23(16-24(18-25)32(44)38(5)6)31(43)36-28(15-22-13-26(34)19-27(35)14-22)29(41)20-39(7)37-30(42)12-21(3)4/h13-14,16-19,21,28-29,41H,8-12,15,20H2,1-7H3,(H,36,43)(H,37,42). The summed E-state index contributed by atoms with van der Waals surface area (Å²) in [7, 11) is 4.66. The molecule has 45 heavy (non-hydrogen) atoms. The van der Waals surface area contributed by atoms with Crippen LogP contribution >= 0.6 is 0 Å². The van der Waals surface area contributed by atoms with Crippen LogP contribution in [0.15, 0.2) is 36.4 Å². The average molecular weight is 632 g/mol. The van der Waals surface area contributed by atoms with Crippen molar-refractivity contribution in [3.63, 3.8) is 0 Å². The summed E-state index contributed by atoms with van der Waals surface area (Å²) in [5.41, 5.74) is 3.13. The molecule has 0 saturated carbocycles. The van der Waals surface area contributed by atoms with Crippen LogP contribution in [0.5, 0.6) is 0 Å². The molecule has 0 spiro atoms. The second kappa shape index (κ2) is 17.6. The number of rotatable bonds is 16. The molecule has 2 rings (SSSR count). The first-order valence-electron chi connectivity index (χ1n) is 15.3. The van der Waals surface area contributed by atoms with E-state index in [1.807, 2.05) is 27.7 Å². The minimum absolute atomic E-state index is 0.000195. The van der Waals surface area contributed by atoms with Crippen molar-refractivity contribution < 1.29 is 33.1 Å². The minimum Gasteiger partial charge on any atom is -0.390 e. The summed E-state index contributed by atoms with van der Waals surface area (Å²) in [5.74, 6) is -3.22. The van der Waals surface area contributed by atoms with Gasteiger partial charge in [-0.25, -0.2) is 13.8 Å². The molecule has 0 aromatic heterocycles. The first-order valence-corrected chi connectivity index (χ1v) is 15.3. The van der Waals surface area contributed by atoms with Crippen molar-refractivity contribution in [3.8, 4) is 0 Å². The van der Waals surface area contributed by atoms with Gasteiger partial charge in [-0.2, -0.15) is 0 Å². The summed E-state index contributed by atoms with van der Waals surface area (Å²) >= 11 is 0. The van der Waals surface area contributed by atoms with Crippen molar-refractivity contribution in [1.29, 1.82) is 0 Å². The Hall–Kier alpha value is -3.90. The predicted octanol–water partition coefficient (Wildman–Crippen LogP) is 3.64. The van der Waals surface area contributed by atoms with Crippen LogP contribution in [-0.4, -0.2) is 96.5 Å². The Morgan fingerprint density at radius 1 is 0.822 bits per heavy atom. The van der Waals surface area contributed by atoms with Crippen LogP contribution in [0.1, 0.15) is 83.6 Å². The fourth-order valence-corrected chi connectivity index (χ4v) is 4.90. The van der Waals surface area contributed by atoms with E-state index in [-0.39, 0.29) is 59.4 Å². The number of carbonyl (C=O) groups excluding carboxylic acids is 4. The van der Waals surface area contributed by atoms with Crippen molar-refractivity contribution >= 4 is 23.6 Å². The SMILES string of the molecule is CCCN(CCC)C(=O)c1cc(C(=O)NC(Cc2cc(F)cc(F)c2)C(O)CN(C)NC(=O)CC(C)C)cc(C(=O)N(C)C)c1. The zero-order chi connectivity index (χ0) is 33.8. The second-order valence-electron chi connectivity index (χ2n) is 11.9. The predicted molar refractivity (Wildman–Crippen MR) is 168 cm³/mol. The Morgan fingerprint density at radius 3 is 1.87 bits per heavy atom. The van der Waals surface area contributed by atoms with Gasteiger partial charge in [0.05, 0.1) is 12.1 Å². The summed E-state index contributed by atoms with van der Waals surface area (Å²) in [4.78, 5) is 55.4. The molecule has 0 aliphatic heterocycles. The zero-order valence-corrected chi connectivity index (χ0v) is 27.3. The number of likely N-dealkylation sites (N-methyl/N-ethyl adjacent to an activating group) is 1. The van der Waals surface area contributed by atoms with Crippen LogP contribution in [0.3, 0.4) is 0 Å². The summed E-state index contributed by atoms with van der Waals surface area (Å²) in [6.07, 6.45) is 0.254.